The zero-order chi connectivity index (χ0) is 14.3. The molecule has 0 saturated carbocycles. The zero-order valence-corrected chi connectivity index (χ0v) is 12.6. The number of pyridine rings is 1. The van der Waals surface area contributed by atoms with E-state index in [1.54, 1.807) is 6.07 Å². The van der Waals surface area contributed by atoms with Crippen molar-refractivity contribution in [2.45, 2.75) is 37.1 Å². The van der Waals surface area contributed by atoms with Gasteiger partial charge in [-0.05, 0) is 38.8 Å². The minimum atomic E-state index is -3.62. The van der Waals surface area contributed by atoms with Gasteiger partial charge in [-0.1, -0.05) is 12.2 Å². The molecule has 2 N–H and O–H groups in total. The summed E-state index contributed by atoms with van der Waals surface area (Å²) in [7, 11) is -3.62. The fraction of sp³-hybridized carbons (Fsp3) is 0.500. The Hall–Kier alpha value is -1.05. The molecule has 2 heterocycles. The third-order valence-electron chi connectivity index (χ3n) is 3.40. The van der Waals surface area contributed by atoms with Gasteiger partial charge in [0, 0.05) is 18.3 Å². The number of nitrogens with two attached hydrogens (primary N) is 1. The monoisotopic (exact) mass is 299 g/mol. The van der Waals surface area contributed by atoms with Gasteiger partial charge in [-0.3, -0.25) is 4.98 Å². The summed E-state index contributed by atoms with van der Waals surface area (Å²) in [6, 6.07) is 3.09. The average molecular weight is 299 g/mol. The quantitative estimate of drug-likeness (QED) is 0.851. The summed E-state index contributed by atoms with van der Waals surface area (Å²) in [5.41, 5.74) is 5.34. The van der Waals surface area contributed by atoms with Crippen molar-refractivity contribution in [1.29, 1.82) is 0 Å². The van der Waals surface area contributed by atoms with Crippen LogP contribution in [0, 0.1) is 0 Å². The number of aromatic nitrogens is 1. The molecule has 0 aliphatic carbocycles. The highest BCUT2D eigenvalue weighted by atomic mass is 32.2. The molecule has 0 unspecified atom stereocenters. The Bertz CT molecular complexity index is 611. The van der Waals surface area contributed by atoms with Gasteiger partial charge in [0.05, 0.1) is 0 Å². The predicted octanol–water partition coefficient (Wildman–Crippen LogP) is 1.28. The Kier molecular flexibility index (Phi) is 3.63. The van der Waals surface area contributed by atoms with Crippen LogP contribution in [-0.2, 0) is 10.0 Å². The number of thiocarbonyl (C=S) groups is 1. The van der Waals surface area contributed by atoms with E-state index >= 15 is 0 Å². The molecule has 1 aromatic heterocycles. The molecule has 1 aliphatic heterocycles. The highest BCUT2D eigenvalue weighted by Gasteiger charge is 2.41. The van der Waals surface area contributed by atoms with E-state index in [9.17, 15) is 8.42 Å². The summed E-state index contributed by atoms with van der Waals surface area (Å²) in [4.78, 5) is 4.08. The number of nitrogens with zero attached hydrogens (tertiary/aromatic N) is 2. The van der Waals surface area contributed by atoms with Crippen molar-refractivity contribution in [2.24, 2.45) is 5.73 Å². The van der Waals surface area contributed by atoms with Crippen LogP contribution in [0.4, 0.5) is 0 Å². The van der Waals surface area contributed by atoms with E-state index in [-0.39, 0.29) is 21.1 Å². The summed E-state index contributed by atoms with van der Waals surface area (Å²) in [5, 5.41) is 0. The lowest BCUT2D eigenvalue weighted by atomic mass is 10.0. The van der Waals surface area contributed by atoms with Gasteiger partial charge in [0.15, 0.2) is 0 Å². The van der Waals surface area contributed by atoms with Crippen LogP contribution < -0.4 is 5.73 Å². The van der Waals surface area contributed by atoms with Crippen LogP contribution in [0.3, 0.4) is 0 Å². The summed E-state index contributed by atoms with van der Waals surface area (Å²) in [6.07, 6.45) is 3.19. The summed E-state index contributed by atoms with van der Waals surface area (Å²) < 4.78 is 27.0. The lowest BCUT2D eigenvalue weighted by Crippen LogP contribution is -2.43. The van der Waals surface area contributed by atoms with Gasteiger partial charge < -0.3 is 5.73 Å². The van der Waals surface area contributed by atoms with Crippen molar-refractivity contribution >= 4 is 27.2 Å². The first-order valence-electron chi connectivity index (χ1n) is 6.04. The third-order valence-corrected chi connectivity index (χ3v) is 5.73. The molecule has 7 heteroatoms. The number of sulfonamides is 1. The van der Waals surface area contributed by atoms with Gasteiger partial charge in [0.1, 0.15) is 15.6 Å². The van der Waals surface area contributed by atoms with Crippen LogP contribution >= 0.6 is 12.2 Å². The van der Waals surface area contributed by atoms with E-state index in [1.807, 2.05) is 13.8 Å². The van der Waals surface area contributed by atoms with Crippen molar-refractivity contribution in [3.8, 4) is 0 Å². The first kappa shape index (κ1) is 14.4. The van der Waals surface area contributed by atoms with Gasteiger partial charge in [0.2, 0.25) is 10.0 Å². The van der Waals surface area contributed by atoms with E-state index < -0.39 is 10.0 Å². The molecule has 0 bridgehead atoms. The van der Waals surface area contributed by atoms with Gasteiger partial charge in [-0.2, -0.15) is 4.31 Å². The van der Waals surface area contributed by atoms with E-state index in [0.29, 0.717) is 6.54 Å². The SMILES string of the molecule is CC1(C)CCCN1S(=O)(=O)c1cccnc1C(N)=S. The first-order chi connectivity index (χ1) is 8.77. The second-order valence-electron chi connectivity index (χ2n) is 5.21. The molecular weight excluding hydrogens is 282 g/mol. The molecule has 1 fully saturated rings. The van der Waals surface area contributed by atoms with E-state index in [2.05, 4.69) is 4.98 Å². The van der Waals surface area contributed by atoms with Gasteiger partial charge in [-0.15, -0.1) is 0 Å². The van der Waals surface area contributed by atoms with Crippen LogP contribution in [0.5, 0.6) is 0 Å². The number of hydrogen-bond acceptors (Lipinski definition) is 4. The standard InChI is InChI=1S/C12H17N3O2S2/c1-12(2)6-4-8-15(12)19(16,17)9-5-3-7-14-10(9)11(13)18/h3,5,7H,4,6,8H2,1-2H3,(H2,13,18). The maximum Gasteiger partial charge on any atom is 0.245 e. The lowest BCUT2D eigenvalue weighted by molar-refractivity contribution is 0.291. The van der Waals surface area contributed by atoms with Crippen molar-refractivity contribution in [1.82, 2.24) is 9.29 Å². The molecule has 19 heavy (non-hydrogen) atoms. The number of rotatable bonds is 3. The molecular formula is C12H17N3O2S2. The van der Waals surface area contributed by atoms with Crippen LogP contribution in [0.1, 0.15) is 32.4 Å². The van der Waals surface area contributed by atoms with Crippen molar-refractivity contribution in [3.05, 3.63) is 24.0 Å². The maximum absolute atomic E-state index is 12.7. The summed E-state index contributed by atoms with van der Waals surface area (Å²) in [6.45, 7) is 4.36. The van der Waals surface area contributed by atoms with Crippen LogP contribution in [0.15, 0.2) is 23.2 Å². The molecule has 0 spiro atoms. The van der Waals surface area contributed by atoms with Crippen LogP contribution in [-0.4, -0.2) is 34.8 Å². The van der Waals surface area contributed by atoms with Gasteiger partial charge in [0.25, 0.3) is 0 Å². The zero-order valence-electron chi connectivity index (χ0n) is 11.0. The predicted molar refractivity (Wildman–Crippen MR) is 77.3 cm³/mol. The normalized spacial score (nSPS) is 19.5. The van der Waals surface area contributed by atoms with Crippen molar-refractivity contribution in [3.63, 3.8) is 0 Å². The van der Waals surface area contributed by atoms with Crippen LogP contribution in [0.2, 0.25) is 0 Å². The highest BCUT2D eigenvalue weighted by Crippen LogP contribution is 2.34. The Morgan fingerprint density at radius 3 is 2.74 bits per heavy atom. The molecule has 0 radical (unpaired) electrons. The van der Waals surface area contributed by atoms with E-state index in [4.69, 9.17) is 18.0 Å². The fourth-order valence-corrected chi connectivity index (χ4v) is 4.66. The van der Waals surface area contributed by atoms with Gasteiger partial charge in [-0.25, -0.2) is 8.42 Å². The first-order valence-corrected chi connectivity index (χ1v) is 7.89. The highest BCUT2D eigenvalue weighted by molar-refractivity contribution is 7.89. The van der Waals surface area contributed by atoms with E-state index in [0.717, 1.165) is 12.8 Å². The molecule has 1 aromatic rings. The molecule has 5 nitrogen and oxygen atoms in total. The fourth-order valence-electron chi connectivity index (χ4n) is 2.43. The molecule has 2 rings (SSSR count). The topological polar surface area (TPSA) is 76.3 Å². The summed E-state index contributed by atoms with van der Waals surface area (Å²) in [5.74, 6) is 0. The largest absolute Gasteiger partial charge is 0.388 e. The Balaban J connectivity index is 2.55. The van der Waals surface area contributed by atoms with Crippen molar-refractivity contribution in [2.75, 3.05) is 6.54 Å². The molecule has 1 saturated heterocycles. The molecule has 0 aromatic carbocycles. The van der Waals surface area contributed by atoms with Crippen molar-refractivity contribution < 1.29 is 8.42 Å². The number of hydrogen-bond donors (Lipinski definition) is 1. The third kappa shape index (κ3) is 2.50. The molecule has 1 aliphatic rings. The summed E-state index contributed by atoms with van der Waals surface area (Å²) >= 11 is 4.88. The van der Waals surface area contributed by atoms with Gasteiger partial charge >= 0.3 is 0 Å². The van der Waals surface area contributed by atoms with Crippen LogP contribution in [0.25, 0.3) is 0 Å². The molecule has 0 amide bonds. The lowest BCUT2D eigenvalue weighted by Gasteiger charge is -2.30. The van der Waals surface area contributed by atoms with E-state index in [1.165, 1.54) is 16.6 Å². The Morgan fingerprint density at radius 1 is 1.53 bits per heavy atom. The Morgan fingerprint density at radius 2 is 2.21 bits per heavy atom. The molecule has 104 valence electrons. The Labute approximate surface area is 118 Å². The molecule has 0 atom stereocenters. The smallest absolute Gasteiger partial charge is 0.245 e. The minimum absolute atomic E-state index is 0.00354. The average Bonchev–Trinajstić information content (AvgIpc) is 2.69. The second kappa shape index (κ2) is 4.81. The minimum Gasteiger partial charge on any atom is -0.388 e. The maximum atomic E-state index is 12.7. The second-order valence-corrected chi connectivity index (χ2v) is 7.48.